The Balaban J connectivity index is 1.72. The number of hydrogen-bond donors (Lipinski definition) is 2. The molecular formula is C30H36N4O2. The van der Waals surface area contributed by atoms with Gasteiger partial charge >= 0.3 is 0 Å². The van der Waals surface area contributed by atoms with E-state index in [1.165, 1.54) is 0 Å². The molecule has 4 unspecified atom stereocenters. The van der Waals surface area contributed by atoms with E-state index < -0.39 is 5.54 Å². The second-order valence-electron chi connectivity index (χ2n) is 9.82. The highest BCUT2D eigenvalue weighted by molar-refractivity contribution is 5.72. The van der Waals surface area contributed by atoms with Crippen LogP contribution in [0.4, 0.5) is 0 Å². The number of nitrogens with two attached hydrogens (primary N) is 2. The molecule has 2 heterocycles. The number of para-hydroxylation sites is 3. The van der Waals surface area contributed by atoms with Crippen LogP contribution in [0.2, 0.25) is 0 Å². The molecular weight excluding hydrogens is 448 g/mol. The highest BCUT2D eigenvalue weighted by atomic mass is 16.5. The van der Waals surface area contributed by atoms with E-state index in [0.717, 1.165) is 59.6 Å². The van der Waals surface area contributed by atoms with Crippen molar-refractivity contribution in [2.24, 2.45) is 17.5 Å². The van der Waals surface area contributed by atoms with Gasteiger partial charge in [0, 0.05) is 18.5 Å². The summed E-state index contributed by atoms with van der Waals surface area (Å²) in [4.78, 5) is 4.96. The fourth-order valence-electron chi connectivity index (χ4n) is 6.25. The van der Waals surface area contributed by atoms with Crippen molar-refractivity contribution in [3.63, 3.8) is 0 Å². The zero-order valence-electron chi connectivity index (χ0n) is 21.1. The number of rotatable bonds is 8. The van der Waals surface area contributed by atoms with Crippen LogP contribution < -0.4 is 16.3 Å². The topological polar surface area (TPSA) is 90.5 Å². The van der Waals surface area contributed by atoms with Gasteiger partial charge in [0.25, 0.3) is 0 Å². The number of fused-ring (bicyclic) bond motifs is 1. The van der Waals surface area contributed by atoms with Crippen LogP contribution in [-0.4, -0.2) is 29.7 Å². The van der Waals surface area contributed by atoms with Crippen molar-refractivity contribution in [1.82, 2.24) is 9.99 Å². The molecule has 0 aliphatic carbocycles. The predicted octanol–water partition coefficient (Wildman–Crippen LogP) is 5.38. The molecule has 188 valence electrons. The molecule has 6 heteroatoms. The number of benzene rings is 3. The fourth-order valence-corrected chi connectivity index (χ4v) is 6.25. The number of oxazole rings is 1. The van der Waals surface area contributed by atoms with Crippen LogP contribution in [0.3, 0.4) is 0 Å². The van der Waals surface area contributed by atoms with Crippen molar-refractivity contribution in [2.45, 2.75) is 50.1 Å². The molecule has 1 saturated heterocycles. The van der Waals surface area contributed by atoms with Crippen LogP contribution in [0, 0.1) is 5.92 Å². The van der Waals surface area contributed by atoms with Crippen LogP contribution in [0.1, 0.15) is 49.1 Å². The van der Waals surface area contributed by atoms with Gasteiger partial charge in [-0.25, -0.2) is 9.99 Å². The summed E-state index contributed by atoms with van der Waals surface area (Å²) in [6.07, 6.45) is 3.38. The van der Waals surface area contributed by atoms with E-state index in [4.69, 9.17) is 25.7 Å². The van der Waals surface area contributed by atoms with Crippen LogP contribution in [0.15, 0.2) is 83.3 Å². The van der Waals surface area contributed by atoms with Gasteiger partial charge in [-0.2, -0.15) is 0 Å². The quantitative estimate of drug-likeness (QED) is 0.326. The first kappa shape index (κ1) is 24.5. The van der Waals surface area contributed by atoms with Gasteiger partial charge in [0.15, 0.2) is 11.5 Å². The molecule has 1 aromatic heterocycles. The van der Waals surface area contributed by atoms with E-state index in [0.29, 0.717) is 6.54 Å². The van der Waals surface area contributed by atoms with Gasteiger partial charge in [-0.1, -0.05) is 74.0 Å². The van der Waals surface area contributed by atoms with Gasteiger partial charge < -0.3 is 14.9 Å². The van der Waals surface area contributed by atoms with Gasteiger partial charge in [0.1, 0.15) is 11.3 Å². The molecule has 4 atom stereocenters. The van der Waals surface area contributed by atoms with E-state index in [1.807, 2.05) is 47.5 Å². The lowest BCUT2D eigenvalue weighted by Crippen LogP contribution is -2.68. The molecule has 36 heavy (non-hydrogen) atoms. The van der Waals surface area contributed by atoms with Gasteiger partial charge in [0.2, 0.25) is 0 Å². The van der Waals surface area contributed by atoms with Crippen molar-refractivity contribution >= 4 is 11.1 Å². The first-order chi connectivity index (χ1) is 17.6. The van der Waals surface area contributed by atoms with Crippen LogP contribution >= 0.6 is 0 Å². The second kappa shape index (κ2) is 10.4. The molecule has 3 aromatic carbocycles. The maximum atomic E-state index is 7.14. The van der Waals surface area contributed by atoms with E-state index in [1.54, 1.807) is 7.11 Å². The standard InChI is InChI=1S/C30H36N4O2/c1-3-11-28(31)30(22-13-5-4-6-14-22)24(20-21-12-7-9-16-26(21)35-2)23(18-19-34(30)32)29-33-25-15-8-10-17-27(25)36-29/h4-10,12-17,23-24,28H,3,11,18-20,31-32H2,1-2H3. The van der Waals surface area contributed by atoms with Gasteiger partial charge in [-0.05, 0) is 54.5 Å². The summed E-state index contributed by atoms with van der Waals surface area (Å²) in [5.41, 5.74) is 10.5. The number of methoxy groups -OCH3 is 1. The summed E-state index contributed by atoms with van der Waals surface area (Å²) in [5.74, 6) is 8.64. The highest BCUT2D eigenvalue weighted by Gasteiger charge is 2.55. The Morgan fingerprint density at radius 2 is 1.78 bits per heavy atom. The number of ether oxygens (including phenoxy) is 1. The summed E-state index contributed by atoms with van der Waals surface area (Å²) >= 11 is 0. The average Bonchev–Trinajstić information content (AvgIpc) is 3.34. The van der Waals surface area contributed by atoms with Crippen molar-refractivity contribution in [1.29, 1.82) is 0 Å². The largest absolute Gasteiger partial charge is 0.496 e. The maximum Gasteiger partial charge on any atom is 0.199 e. The number of nitrogens with zero attached hydrogens (tertiary/aromatic N) is 2. The summed E-state index contributed by atoms with van der Waals surface area (Å²) in [6.45, 7) is 2.87. The molecule has 1 aliphatic rings. The Morgan fingerprint density at radius 3 is 2.53 bits per heavy atom. The van der Waals surface area contributed by atoms with E-state index >= 15 is 0 Å². The monoisotopic (exact) mass is 484 g/mol. The van der Waals surface area contributed by atoms with Crippen molar-refractivity contribution < 1.29 is 9.15 Å². The maximum absolute atomic E-state index is 7.14. The Kier molecular flexibility index (Phi) is 7.10. The Morgan fingerprint density at radius 1 is 1.06 bits per heavy atom. The minimum atomic E-state index is -0.609. The van der Waals surface area contributed by atoms with Gasteiger partial charge in [-0.15, -0.1) is 0 Å². The Labute approximate surface area is 213 Å². The lowest BCUT2D eigenvalue weighted by Gasteiger charge is -2.56. The Bertz CT molecular complexity index is 1260. The molecule has 0 amide bonds. The third-order valence-corrected chi connectivity index (χ3v) is 7.87. The fraction of sp³-hybridized carbons (Fsp3) is 0.367. The normalized spacial score (nSPS) is 23.6. The molecule has 4 aromatic rings. The second-order valence-corrected chi connectivity index (χ2v) is 9.82. The molecule has 0 radical (unpaired) electrons. The van der Waals surface area contributed by atoms with Crippen molar-refractivity contribution in [2.75, 3.05) is 13.7 Å². The van der Waals surface area contributed by atoms with Gasteiger partial charge in [-0.3, -0.25) is 5.84 Å². The first-order valence-corrected chi connectivity index (χ1v) is 12.9. The third kappa shape index (κ3) is 4.19. The number of hydrazine groups is 1. The summed E-state index contributed by atoms with van der Waals surface area (Å²) in [7, 11) is 1.72. The molecule has 6 nitrogen and oxygen atoms in total. The SMILES string of the molecule is CCCC(N)C1(c2ccccc2)C(Cc2ccccc2OC)C(c2nc3ccccc3o2)CCN1N. The zero-order chi connectivity index (χ0) is 25.1. The number of aromatic nitrogens is 1. The van der Waals surface area contributed by atoms with E-state index in [2.05, 4.69) is 43.3 Å². The lowest BCUT2D eigenvalue weighted by atomic mass is 9.61. The van der Waals surface area contributed by atoms with E-state index in [9.17, 15) is 0 Å². The number of hydrogen-bond acceptors (Lipinski definition) is 6. The lowest BCUT2D eigenvalue weighted by molar-refractivity contribution is -0.0510. The predicted molar refractivity (Wildman–Crippen MR) is 143 cm³/mol. The molecule has 0 spiro atoms. The van der Waals surface area contributed by atoms with Crippen molar-refractivity contribution in [3.8, 4) is 5.75 Å². The molecule has 1 aliphatic heterocycles. The highest BCUT2D eigenvalue weighted by Crippen LogP contribution is 2.51. The third-order valence-electron chi connectivity index (χ3n) is 7.87. The molecule has 1 fully saturated rings. The summed E-state index contributed by atoms with van der Waals surface area (Å²) in [6, 6.07) is 26.5. The zero-order valence-corrected chi connectivity index (χ0v) is 21.1. The van der Waals surface area contributed by atoms with Crippen molar-refractivity contribution in [3.05, 3.63) is 95.9 Å². The van der Waals surface area contributed by atoms with Crippen LogP contribution in [0.25, 0.3) is 11.1 Å². The van der Waals surface area contributed by atoms with Gasteiger partial charge in [0.05, 0.1) is 12.6 Å². The minimum absolute atomic E-state index is 0.00422. The van der Waals surface area contributed by atoms with Crippen LogP contribution in [-0.2, 0) is 12.0 Å². The molecule has 0 saturated carbocycles. The summed E-state index contributed by atoms with van der Waals surface area (Å²) in [5, 5.41) is 2.00. The summed E-state index contributed by atoms with van der Waals surface area (Å²) < 4.78 is 12.2. The van der Waals surface area contributed by atoms with E-state index in [-0.39, 0.29) is 17.9 Å². The molecule has 4 N–H and O–H groups in total. The number of piperidine rings is 1. The smallest absolute Gasteiger partial charge is 0.199 e. The Hall–Kier alpha value is -3.19. The minimum Gasteiger partial charge on any atom is -0.496 e. The van der Waals surface area contributed by atoms with Crippen LogP contribution in [0.5, 0.6) is 5.75 Å². The molecule has 0 bridgehead atoms. The average molecular weight is 485 g/mol. The first-order valence-electron chi connectivity index (χ1n) is 12.9. The molecule has 5 rings (SSSR count).